The maximum atomic E-state index is 12.5. The Bertz CT molecular complexity index is 680. The molecule has 0 bridgehead atoms. The third kappa shape index (κ3) is 5.31. The number of carboxylic acids is 1. The lowest BCUT2D eigenvalue weighted by Gasteiger charge is -2.33. The molecule has 2 amide bonds. The van der Waals surface area contributed by atoms with E-state index in [9.17, 15) is 14.4 Å². The van der Waals surface area contributed by atoms with E-state index in [2.05, 4.69) is 5.32 Å². The van der Waals surface area contributed by atoms with Crippen LogP contribution in [0.4, 0.5) is 0 Å². The molecule has 3 rings (SSSR count). The highest BCUT2D eigenvalue weighted by atomic mass is 16.4. The molecule has 1 aromatic carbocycles. The zero-order chi connectivity index (χ0) is 19.2. The monoisotopic (exact) mass is 372 g/mol. The Balaban J connectivity index is 1.48. The molecule has 146 valence electrons. The lowest BCUT2D eigenvalue weighted by molar-refractivity contribution is -0.134. The largest absolute Gasteiger partial charge is 0.478 e. The number of rotatable bonds is 6. The molecule has 1 aliphatic heterocycles. The van der Waals surface area contributed by atoms with Gasteiger partial charge in [-0.2, -0.15) is 0 Å². The minimum atomic E-state index is -0.933. The highest BCUT2D eigenvalue weighted by Crippen LogP contribution is 2.27. The minimum absolute atomic E-state index is 0.0203. The first-order valence-corrected chi connectivity index (χ1v) is 9.93. The highest BCUT2D eigenvalue weighted by molar-refractivity contribution is 5.87. The number of likely N-dealkylation sites (tertiary alicyclic amines) is 1. The summed E-state index contributed by atoms with van der Waals surface area (Å²) in [6, 6.07) is 7.21. The molecule has 0 radical (unpaired) electrons. The molecule has 1 saturated heterocycles. The van der Waals surface area contributed by atoms with Crippen molar-refractivity contribution in [2.24, 2.45) is 0 Å². The van der Waals surface area contributed by atoms with E-state index in [-0.39, 0.29) is 36.1 Å². The molecule has 1 aromatic rings. The third-order valence-electron chi connectivity index (χ3n) is 5.69. The smallest absolute Gasteiger partial charge is 0.335 e. The molecule has 1 atom stereocenters. The molecule has 0 aromatic heterocycles. The van der Waals surface area contributed by atoms with Crippen LogP contribution >= 0.6 is 0 Å². The lowest BCUT2D eigenvalue weighted by Crippen LogP contribution is -2.40. The van der Waals surface area contributed by atoms with E-state index in [0.717, 1.165) is 37.8 Å². The van der Waals surface area contributed by atoms with Gasteiger partial charge in [-0.3, -0.25) is 9.59 Å². The topological polar surface area (TPSA) is 86.7 Å². The SMILES string of the molecule is O=C(CCC(=O)N1CCC[C@H](c2ccc(C(=O)O)cc2)C1)NC1CCCC1. The highest BCUT2D eigenvalue weighted by Gasteiger charge is 2.25. The van der Waals surface area contributed by atoms with Crippen LogP contribution in [0.2, 0.25) is 0 Å². The molecule has 2 aliphatic rings. The van der Waals surface area contributed by atoms with E-state index >= 15 is 0 Å². The van der Waals surface area contributed by atoms with Crippen molar-refractivity contribution in [3.8, 4) is 0 Å². The number of carboxylic acid groups (broad SMARTS) is 1. The van der Waals surface area contributed by atoms with Gasteiger partial charge in [-0.15, -0.1) is 0 Å². The first-order chi connectivity index (χ1) is 13.0. The molecule has 1 heterocycles. The number of hydrogen-bond donors (Lipinski definition) is 2. The second kappa shape index (κ2) is 9.02. The van der Waals surface area contributed by atoms with Crippen molar-refractivity contribution >= 4 is 17.8 Å². The standard InChI is InChI=1S/C21H28N2O4/c24-19(22-18-5-1-2-6-18)11-12-20(25)23-13-3-4-17(14-23)15-7-9-16(10-8-15)21(26)27/h7-10,17-18H,1-6,11-14H2,(H,22,24)(H,26,27)/t17-/m0/s1. The summed E-state index contributed by atoms with van der Waals surface area (Å²) >= 11 is 0. The molecular formula is C21H28N2O4. The maximum absolute atomic E-state index is 12.5. The van der Waals surface area contributed by atoms with Gasteiger partial charge in [-0.1, -0.05) is 25.0 Å². The summed E-state index contributed by atoms with van der Waals surface area (Å²) < 4.78 is 0. The van der Waals surface area contributed by atoms with Gasteiger partial charge in [0.15, 0.2) is 0 Å². The van der Waals surface area contributed by atoms with Crippen LogP contribution in [-0.2, 0) is 9.59 Å². The first kappa shape index (κ1) is 19.4. The number of carbonyl (C=O) groups is 3. The van der Waals surface area contributed by atoms with Gasteiger partial charge >= 0.3 is 5.97 Å². The first-order valence-electron chi connectivity index (χ1n) is 9.93. The van der Waals surface area contributed by atoms with Crippen LogP contribution in [0.25, 0.3) is 0 Å². The summed E-state index contributed by atoms with van der Waals surface area (Å²) in [5.74, 6) is -0.702. The Kier molecular flexibility index (Phi) is 6.48. The van der Waals surface area contributed by atoms with E-state index in [1.807, 2.05) is 17.0 Å². The third-order valence-corrected chi connectivity index (χ3v) is 5.69. The number of hydrogen-bond acceptors (Lipinski definition) is 3. The van der Waals surface area contributed by atoms with Gasteiger partial charge in [-0.25, -0.2) is 4.79 Å². The van der Waals surface area contributed by atoms with Crippen molar-refractivity contribution in [3.63, 3.8) is 0 Å². The summed E-state index contributed by atoms with van der Waals surface area (Å²) in [4.78, 5) is 37.4. The summed E-state index contributed by atoms with van der Waals surface area (Å²) in [5.41, 5.74) is 1.34. The number of nitrogens with zero attached hydrogens (tertiary/aromatic N) is 1. The number of nitrogens with one attached hydrogen (secondary N) is 1. The van der Waals surface area contributed by atoms with Crippen LogP contribution in [0, 0.1) is 0 Å². The number of aromatic carboxylic acids is 1. The van der Waals surface area contributed by atoms with E-state index in [4.69, 9.17) is 5.11 Å². The molecule has 2 fully saturated rings. The summed E-state index contributed by atoms with van der Waals surface area (Å²) in [7, 11) is 0. The van der Waals surface area contributed by atoms with Gasteiger partial charge in [0.1, 0.15) is 0 Å². The van der Waals surface area contributed by atoms with Gasteiger partial charge in [0.2, 0.25) is 11.8 Å². The van der Waals surface area contributed by atoms with Crippen molar-refractivity contribution in [1.29, 1.82) is 0 Å². The van der Waals surface area contributed by atoms with Crippen LogP contribution < -0.4 is 5.32 Å². The fourth-order valence-electron chi connectivity index (χ4n) is 4.12. The minimum Gasteiger partial charge on any atom is -0.478 e. The van der Waals surface area contributed by atoms with Crippen LogP contribution in [0.1, 0.15) is 73.2 Å². The zero-order valence-electron chi connectivity index (χ0n) is 15.7. The van der Waals surface area contributed by atoms with Crippen LogP contribution in [-0.4, -0.2) is 46.9 Å². The number of benzene rings is 1. The number of piperidine rings is 1. The van der Waals surface area contributed by atoms with Crippen LogP contribution in [0.5, 0.6) is 0 Å². The maximum Gasteiger partial charge on any atom is 0.335 e. The predicted molar refractivity (Wildman–Crippen MR) is 102 cm³/mol. The number of carbonyl (C=O) groups excluding carboxylic acids is 2. The quantitative estimate of drug-likeness (QED) is 0.804. The summed E-state index contributed by atoms with van der Waals surface area (Å²) in [5, 5.41) is 12.0. The Morgan fingerprint density at radius 1 is 1.00 bits per heavy atom. The van der Waals surface area contributed by atoms with Gasteiger partial charge in [0.25, 0.3) is 0 Å². The zero-order valence-corrected chi connectivity index (χ0v) is 15.7. The Morgan fingerprint density at radius 3 is 2.37 bits per heavy atom. The molecule has 6 heteroatoms. The van der Waals surface area contributed by atoms with Crippen molar-refractivity contribution in [1.82, 2.24) is 10.2 Å². The Hall–Kier alpha value is -2.37. The van der Waals surface area contributed by atoms with Crippen molar-refractivity contribution < 1.29 is 19.5 Å². The van der Waals surface area contributed by atoms with Crippen LogP contribution in [0.3, 0.4) is 0 Å². The van der Waals surface area contributed by atoms with E-state index in [1.165, 1.54) is 12.8 Å². The fraction of sp³-hybridized carbons (Fsp3) is 0.571. The van der Waals surface area contributed by atoms with Crippen molar-refractivity contribution in [3.05, 3.63) is 35.4 Å². The average molecular weight is 372 g/mol. The molecule has 0 unspecified atom stereocenters. The second-order valence-corrected chi connectivity index (χ2v) is 7.65. The van der Waals surface area contributed by atoms with E-state index in [0.29, 0.717) is 12.6 Å². The summed E-state index contributed by atoms with van der Waals surface area (Å²) in [6.45, 7) is 1.36. The van der Waals surface area contributed by atoms with Crippen molar-refractivity contribution in [2.45, 2.75) is 63.3 Å². The molecule has 2 N–H and O–H groups in total. The van der Waals surface area contributed by atoms with E-state index < -0.39 is 5.97 Å². The summed E-state index contributed by atoms with van der Waals surface area (Å²) in [6.07, 6.45) is 6.86. The van der Waals surface area contributed by atoms with Crippen molar-refractivity contribution in [2.75, 3.05) is 13.1 Å². The van der Waals surface area contributed by atoms with Gasteiger partial charge in [0, 0.05) is 37.9 Å². The van der Waals surface area contributed by atoms with Crippen LogP contribution in [0.15, 0.2) is 24.3 Å². The van der Waals surface area contributed by atoms with Gasteiger partial charge < -0.3 is 15.3 Å². The molecule has 0 spiro atoms. The average Bonchev–Trinajstić information content (AvgIpc) is 3.19. The molecule has 6 nitrogen and oxygen atoms in total. The van der Waals surface area contributed by atoms with Gasteiger partial charge in [0.05, 0.1) is 5.56 Å². The molecule has 1 aliphatic carbocycles. The Morgan fingerprint density at radius 2 is 1.70 bits per heavy atom. The van der Waals surface area contributed by atoms with E-state index in [1.54, 1.807) is 12.1 Å². The Labute approximate surface area is 159 Å². The lowest BCUT2D eigenvalue weighted by atomic mass is 9.90. The fourth-order valence-corrected chi connectivity index (χ4v) is 4.12. The second-order valence-electron chi connectivity index (χ2n) is 7.65. The molecular weight excluding hydrogens is 344 g/mol. The molecule has 27 heavy (non-hydrogen) atoms. The normalized spacial score (nSPS) is 20.4. The predicted octanol–water partition coefficient (Wildman–Crippen LogP) is 2.93. The molecule has 1 saturated carbocycles. The number of amides is 2. The van der Waals surface area contributed by atoms with Gasteiger partial charge in [-0.05, 0) is 43.4 Å².